The molecule has 0 amide bonds. The molecule has 2 N–H and O–H groups in total. The van der Waals surface area contributed by atoms with Gasteiger partial charge in [-0.3, -0.25) is 14.4 Å². The van der Waals surface area contributed by atoms with Gasteiger partial charge in [-0.2, -0.15) is 0 Å². The average Bonchev–Trinajstić information content (AvgIpc) is 2.01. The van der Waals surface area contributed by atoms with Crippen molar-refractivity contribution in [1.82, 2.24) is 4.98 Å². The molecule has 0 atom stereocenters. The third kappa shape index (κ3) is 2.55. The van der Waals surface area contributed by atoms with E-state index in [2.05, 4.69) is 4.98 Å². The number of aliphatic carboxylic acids is 1. The van der Waals surface area contributed by atoms with Crippen molar-refractivity contribution in [3.8, 4) is 0 Å². The van der Waals surface area contributed by atoms with E-state index in [4.69, 9.17) is 5.11 Å². The second kappa shape index (κ2) is 3.66. The Kier molecular flexibility index (Phi) is 2.59. The molecule has 0 unspecified atom stereocenters. The summed E-state index contributed by atoms with van der Waals surface area (Å²) in [6.07, 6.45) is 0.206. The van der Waals surface area contributed by atoms with Crippen LogP contribution in [0, 0.1) is 0 Å². The van der Waals surface area contributed by atoms with E-state index >= 15 is 0 Å². The standard InChI is InChI=1S/C8H7NO4/c10-4-5-1-6(3-8(12)13)9-7(11)2-5/h1-2,4H,3H2,(H,9,11)(H,12,13). The largest absolute Gasteiger partial charge is 0.481 e. The summed E-state index contributed by atoms with van der Waals surface area (Å²) >= 11 is 0. The van der Waals surface area contributed by atoms with E-state index in [0.29, 0.717) is 6.29 Å². The molecule has 1 heterocycles. The number of nitrogens with one attached hydrogen (secondary N) is 1. The summed E-state index contributed by atoms with van der Waals surface area (Å²) in [5.74, 6) is -1.06. The molecule has 1 rings (SSSR count). The Morgan fingerprint density at radius 3 is 2.77 bits per heavy atom. The summed E-state index contributed by atoms with van der Waals surface area (Å²) in [6, 6.07) is 2.45. The van der Waals surface area contributed by atoms with Crippen molar-refractivity contribution in [2.75, 3.05) is 0 Å². The zero-order chi connectivity index (χ0) is 9.84. The van der Waals surface area contributed by atoms with Crippen LogP contribution in [0.3, 0.4) is 0 Å². The van der Waals surface area contributed by atoms with Gasteiger partial charge in [0.05, 0.1) is 6.42 Å². The van der Waals surface area contributed by atoms with Gasteiger partial charge in [0, 0.05) is 17.3 Å². The molecule has 5 nitrogen and oxygen atoms in total. The van der Waals surface area contributed by atoms with Crippen molar-refractivity contribution in [3.05, 3.63) is 33.7 Å². The molecule has 0 aliphatic heterocycles. The second-order valence-electron chi connectivity index (χ2n) is 2.49. The van der Waals surface area contributed by atoms with Crippen LogP contribution >= 0.6 is 0 Å². The molecule has 0 saturated carbocycles. The van der Waals surface area contributed by atoms with Gasteiger partial charge in [0.2, 0.25) is 5.56 Å². The maximum absolute atomic E-state index is 10.8. The Balaban J connectivity index is 3.08. The Morgan fingerprint density at radius 2 is 2.23 bits per heavy atom. The Bertz CT molecular complexity index is 393. The molecule has 0 saturated heterocycles. The molecule has 0 aliphatic rings. The Morgan fingerprint density at radius 1 is 1.54 bits per heavy atom. The average molecular weight is 181 g/mol. The normalized spacial score (nSPS) is 9.54. The first-order chi connectivity index (χ1) is 6.11. The summed E-state index contributed by atoms with van der Waals surface area (Å²) in [6.45, 7) is 0. The molecule has 0 aliphatic carbocycles. The van der Waals surface area contributed by atoms with E-state index in [1.165, 1.54) is 6.07 Å². The summed E-state index contributed by atoms with van der Waals surface area (Å²) < 4.78 is 0. The lowest BCUT2D eigenvalue weighted by molar-refractivity contribution is -0.136. The van der Waals surface area contributed by atoms with Crippen molar-refractivity contribution < 1.29 is 14.7 Å². The van der Waals surface area contributed by atoms with Gasteiger partial charge in [-0.15, -0.1) is 0 Å². The van der Waals surface area contributed by atoms with Gasteiger partial charge >= 0.3 is 5.97 Å². The minimum absolute atomic E-state index is 0.181. The first-order valence-corrected chi connectivity index (χ1v) is 3.52. The molecule has 68 valence electrons. The number of carbonyl (C=O) groups is 2. The number of carbonyl (C=O) groups excluding carboxylic acids is 1. The van der Waals surface area contributed by atoms with Crippen molar-refractivity contribution >= 4 is 12.3 Å². The quantitative estimate of drug-likeness (QED) is 0.633. The predicted molar refractivity (Wildman–Crippen MR) is 43.8 cm³/mol. The molecule has 0 spiro atoms. The van der Waals surface area contributed by atoms with Crippen LogP contribution in [0.15, 0.2) is 16.9 Å². The van der Waals surface area contributed by atoms with Gasteiger partial charge in [-0.1, -0.05) is 0 Å². The summed E-state index contributed by atoms with van der Waals surface area (Å²) in [4.78, 5) is 33.7. The lowest BCUT2D eigenvalue weighted by Gasteiger charge is -1.96. The van der Waals surface area contributed by atoms with Crippen LogP contribution in [0.25, 0.3) is 0 Å². The fraction of sp³-hybridized carbons (Fsp3) is 0.125. The van der Waals surface area contributed by atoms with Crippen LogP contribution < -0.4 is 5.56 Å². The van der Waals surface area contributed by atoms with Crippen LogP contribution in [0.4, 0.5) is 0 Å². The number of carboxylic acid groups (broad SMARTS) is 1. The monoisotopic (exact) mass is 181 g/mol. The SMILES string of the molecule is O=Cc1cc(CC(=O)O)[nH]c(=O)c1. The highest BCUT2D eigenvalue weighted by atomic mass is 16.4. The van der Waals surface area contributed by atoms with Crippen molar-refractivity contribution in [2.24, 2.45) is 0 Å². The first-order valence-electron chi connectivity index (χ1n) is 3.52. The summed E-state index contributed by atoms with van der Waals surface area (Å²) in [5, 5.41) is 8.41. The molecule has 13 heavy (non-hydrogen) atoms. The lowest BCUT2D eigenvalue weighted by atomic mass is 10.2. The zero-order valence-corrected chi connectivity index (χ0v) is 6.61. The number of hydrogen-bond donors (Lipinski definition) is 2. The predicted octanol–water partition coefficient (Wildman–Crippen LogP) is -0.185. The van der Waals surface area contributed by atoms with Gasteiger partial charge in [0.15, 0.2) is 0 Å². The van der Waals surface area contributed by atoms with E-state index < -0.39 is 11.5 Å². The topological polar surface area (TPSA) is 87.2 Å². The minimum Gasteiger partial charge on any atom is -0.481 e. The highest BCUT2D eigenvalue weighted by molar-refractivity contribution is 5.75. The summed E-state index contributed by atoms with van der Waals surface area (Å²) in [7, 11) is 0. The third-order valence-corrected chi connectivity index (χ3v) is 1.40. The highest BCUT2D eigenvalue weighted by Gasteiger charge is 2.02. The van der Waals surface area contributed by atoms with Crippen molar-refractivity contribution in [2.45, 2.75) is 6.42 Å². The highest BCUT2D eigenvalue weighted by Crippen LogP contribution is 1.96. The number of pyridine rings is 1. The van der Waals surface area contributed by atoms with Crippen molar-refractivity contribution in [1.29, 1.82) is 0 Å². The number of H-pyrrole nitrogens is 1. The molecule has 5 heteroatoms. The van der Waals surface area contributed by atoms with Gasteiger partial charge in [-0.05, 0) is 6.07 Å². The van der Waals surface area contributed by atoms with Crippen LogP contribution in [0.5, 0.6) is 0 Å². The molecule has 0 bridgehead atoms. The maximum atomic E-state index is 10.8. The number of rotatable bonds is 3. The van der Waals surface area contributed by atoms with Gasteiger partial charge < -0.3 is 10.1 Å². The second-order valence-corrected chi connectivity index (χ2v) is 2.49. The number of hydrogen-bond acceptors (Lipinski definition) is 3. The van der Waals surface area contributed by atoms with E-state index in [0.717, 1.165) is 6.07 Å². The van der Waals surface area contributed by atoms with Crippen LogP contribution in [-0.4, -0.2) is 22.3 Å². The number of aromatic nitrogens is 1. The van der Waals surface area contributed by atoms with E-state index in [1.54, 1.807) is 0 Å². The van der Waals surface area contributed by atoms with Gasteiger partial charge in [0.25, 0.3) is 0 Å². The number of aldehydes is 1. The lowest BCUT2D eigenvalue weighted by Crippen LogP contribution is -2.12. The van der Waals surface area contributed by atoms with Gasteiger partial charge in [-0.25, -0.2) is 0 Å². The first kappa shape index (κ1) is 9.18. The Labute approximate surface area is 73.0 Å². The minimum atomic E-state index is -1.06. The molecule has 1 aromatic rings. The molecular weight excluding hydrogens is 174 g/mol. The van der Waals surface area contributed by atoms with Crippen molar-refractivity contribution in [3.63, 3.8) is 0 Å². The maximum Gasteiger partial charge on any atom is 0.309 e. The smallest absolute Gasteiger partial charge is 0.309 e. The zero-order valence-electron chi connectivity index (χ0n) is 6.61. The van der Waals surface area contributed by atoms with Gasteiger partial charge in [0.1, 0.15) is 6.29 Å². The Hall–Kier alpha value is -1.91. The van der Waals surface area contributed by atoms with E-state index in [-0.39, 0.29) is 17.7 Å². The third-order valence-electron chi connectivity index (χ3n) is 1.40. The van der Waals surface area contributed by atoms with E-state index in [9.17, 15) is 14.4 Å². The molecule has 1 aromatic heterocycles. The van der Waals surface area contributed by atoms with Crippen LogP contribution in [-0.2, 0) is 11.2 Å². The van der Waals surface area contributed by atoms with E-state index in [1.807, 2.05) is 0 Å². The number of carboxylic acids is 1. The fourth-order valence-electron chi connectivity index (χ4n) is 0.951. The molecular formula is C8H7NO4. The number of aromatic amines is 1. The van der Waals surface area contributed by atoms with Crippen LogP contribution in [0.2, 0.25) is 0 Å². The fourth-order valence-corrected chi connectivity index (χ4v) is 0.951. The summed E-state index contributed by atoms with van der Waals surface area (Å²) in [5.41, 5.74) is -0.0667. The molecule has 0 aromatic carbocycles. The molecule has 0 fully saturated rings. The van der Waals surface area contributed by atoms with Crippen LogP contribution in [0.1, 0.15) is 16.1 Å². The molecule has 0 radical (unpaired) electrons.